The van der Waals surface area contributed by atoms with E-state index in [-0.39, 0.29) is 5.91 Å². The molecule has 0 fully saturated rings. The first-order valence-electron chi connectivity index (χ1n) is 9.30. The van der Waals surface area contributed by atoms with Crippen LogP contribution >= 0.6 is 0 Å². The Hall–Kier alpha value is -3.07. The molecule has 3 rings (SSSR count). The van der Waals surface area contributed by atoms with E-state index in [1.165, 1.54) is 0 Å². The second-order valence-electron chi connectivity index (χ2n) is 6.60. The number of aryl methyl sites for hydroxylation is 2. The minimum atomic E-state index is -0.586. The van der Waals surface area contributed by atoms with E-state index < -0.39 is 6.10 Å². The molecule has 3 heteroatoms. The van der Waals surface area contributed by atoms with Gasteiger partial charge in [-0.25, -0.2) is 0 Å². The highest BCUT2D eigenvalue weighted by Crippen LogP contribution is 2.24. The molecule has 3 aromatic rings. The van der Waals surface area contributed by atoms with E-state index in [1.807, 2.05) is 67.6 Å². The predicted molar refractivity (Wildman–Crippen MR) is 111 cm³/mol. The monoisotopic (exact) mass is 359 g/mol. The molecule has 0 aliphatic heterocycles. The molecule has 0 saturated carbocycles. The number of carbonyl (C=O) groups is 1. The van der Waals surface area contributed by atoms with Gasteiger partial charge in [0.25, 0.3) is 5.91 Å². The molecule has 1 amide bonds. The smallest absolute Gasteiger partial charge is 0.265 e. The Morgan fingerprint density at radius 3 is 2.26 bits per heavy atom. The zero-order chi connectivity index (χ0) is 19.2. The van der Waals surface area contributed by atoms with E-state index >= 15 is 0 Å². The normalized spacial score (nSPS) is 11.7. The minimum absolute atomic E-state index is 0.147. The summed E-state index contributed by atoms with van der Waals surface area (Å²) < 4.78 is 5.84. The lowest BCUT2D eigenvalue weighted by molar-refractivity contribution is -0.122. The van der Waals surface area contributed by atoms with Crippen LogP contribution in [0.3, 0.4) is 0 Å². The van der Waals surface area contributed by atoms with Crippen LogP contribution in [0.15, 0.2) is 72.8 Å². The second kappa shape index (κ2) is 8.54. The summed E-state index contributed by atoms with van der Waals surface area (Å²) >= 11 is 0. The zero-order valence-corrected chi connectivity index (χ0v) is 16.0. The third-order valence-electron chi connectivity index (χ3n) is 4.63. The quantitative estimate of drug-likeness (QED) is 0.619. The van der Waals surface area contributed by atoms with Crippen LogP contribution in [0.2, 0.25) is 0 Å². The van der Waals surface area contributed by atoms with Crippen molar-refractivity contribution in [2.75, 3.05) is 5.32 Å². The van der Waals surface area contributed by atoms with Crippen LogP contribution in [0, 0.1) is 6.92 Å². The summed E-state index contributed by atoms with van der Waals surface area (Å²) in [6.45, 7) is 5.85. The number of benzene rings is 3. The molecule has 27 heavy (non-hydrogen) atoms. The van der Waals surface area contributed by atoms with Crippen molar-refractivity contribution in [1.82, 2.24) is 0 Å². The maximum Gasteiger partial charge on any atom is 0.265 e. The summed E-state index contributed by atoms with van der Waals surface area (Å²) in [5.74, 6) is 0.531. The summed E-state index contributed by atoms with van der Waals surface area (Å²) in [7, 11) is 0. The van der Waals surface area contributed by atoms with Gasteiger partial charge in [-0.05, 0) is 54.7 Å². The molecule has 0 aliphatic carbocycles. The summed E-state index contributed by atoms with van der Waals surface area (Å²) in [6.07, 6.45) is 0.282. The summed E-state index contributed by atoms with van der Waals surface area (Å²) in [5.41, 5.74) is 5.35. The number of nitrogens with one attached hydrogen (secondary N) is 1. The number of ether oxygens (including phenoxy) is 1. The standard InChI is InChI=1S/C24H25NO2/c1-4-19-12-8-9-17(2)23(19)25-24(26)18(3)27-22-15-13-21(14-16-22)20-10-6-5-7-11-20/h5-16,18H,4H2,1-3H3,(H,25,26). The Bertz CT molecular complexity index is 901. The van der Waals surface area contributed by atoms with Crippen molar-refractivity contribution in [1.29, 1.82) is 0 Å². The fraction of sp³-hybridized carbons (Fsp3) is 0.208. The molecule has 0 aromatic heterocycles. The highest BCUT2D eigenvalue weighted by molar-refractivity contribution is 5.95. The van der Waals surface area contributed by atoms with Gasteiger partial charge in [0.05, 0.1) is 0 Å². The van der Waals surface area contributed by atoms with Gasteiger partial charge in [-0.3, -0.25) is 4.79 Å². The Morgan fingerprint density at radius 2 is 1.59 bits per heavy atom. The van der Waals surface area contributed by atoms with Gasteiger partial charge in [-0.1, -0.05) is 67.6 Å². The van der Waals surface area contributed by atoms with Gasteiger partial charge >= 0.3 is 0 Å². The average Bonchev–Trinajstić information content (AvgIpc) is 2.70. The van der Waals surface area contributed by atoms with Crippen LogP contribution < -0.4 is 10.1 Å². The molecule has 1 atom stereocenters. The highest BCUT2D eigenvalue weighted by Gasteiger charge is 2.17. The maximum atomic E-state index is 12.6. The highest BCUT2D eigenvalue weighted by atomic mass is 16.5. The third kappa shape index (κ3) is 4.56. The van der Waals surface area contributed by atoms with Gasteiger partial charge < -0.3 is 10.1 Å². The van der Waals surface area contributed by atoms with E-state index in [1.54, 1.807) is 6.92 Å². The lowest BCUT2D eigenvalue weighted by Gasteiger charge is -2.18. The van der Waals surface area contributed by atoms with Crippen LogP contribution in [-0.4, -0.2) is 12.0 Å². The third-order valence-corrected chi connectivity index (χ3v) is 4.63. The van der Waals surface area contributed by atoms with Crippen molar-refractivity contribution in [2.24, 2.45) is 0 Å². The van der Waals surface area contributed by atoms with Gasteiger partial charge in [0.1, 0.15) is 5.75 Å². The first-order chi connectivity index (χ1) is 13.1. The fourth-order valence-electron chi connectivity index (χ4n) is 3.04. The molecule has 0 bridgehead atoms. The van der Waals surface area contributed by atoms with Crippen molar-refractivity contribution in [3.63, 3.8) is 0 Å². The number of hydrogen-bond donors (Lipinski definition) is 1. The number of carbonyl (C=O) groups excluding carboxylic acids is 1. The van der Waals surface area contributed by atoms with Crippen LogP contribution in [0.25, 0.3) is 11.1 Å². The Labute approximate surface area is 161 Å². The SMILES string of the molecule is CCc1cccc(C)c1NC(=O)C(C)Oc1ccc(-c2ccccc2)cc1. The van der Waals surface area contributed by atoms with E-state index in [4.69, 9.17) is 4.74 Å². The predicted octanol–water partition coefficient (Wildman–Crippen LogP) is 5.63. The van der Waals surface area contributed by atoms with Gasteiger partial charge in [0.15, 0.2) is 6.10 Å². The number of anilines is 1. The molecular formula is C24H25NO2. The molecule has 1 unspecified atom stereocenters. The van der Waals surface area contributed by atoms with Crippen LogP contribution in [0.5, 0.6) is 5.75 Å². The molecule has 138 valence electrons. The first-order valence-corrected chi connectivity index (χ1v) is 9.30. The molecule has 3 nitrogen and oxygen atoms in total. The fourth-order valence-corrected chi connectivity index (χ4v) is 3.04. The Kier molecular flexibility index (Phi) is 5.92. The number of rotatable bonds is 6. The lowest BCUT2D eigenvalue weighted by atomic mass is 10.1. The van der Waals surface area contributed by atoms with Crippen LogP contribution in [-0.2, 0) is 11.2 Å². The number of amides is 1. The largest absolute Gasteiger partial charge is 0.481 e. The molecule has 0 spiro atoms. The molecule has 3 aromatic carbocycles. The summed E-state index contributed by atoms with van der Waals surface area (Å²) in [5, 5.41) is 3.02. The minimum Gasteiger partial charge on any atom is -0.481 e. The topological polar surface area (TPSA) is 38.3 Å². The van der Waals surface area contributed by atoms with Crippen molar-refractivity contribution in [3.05, 3.63) is 83.9 Å². The van der Waals surface area contributed by atoms with Crippen LogP contribution in [0.4, 0.5) is 5.69 Å². The Balaban J connectivity index is 1.67. The van der Waals surface area contributed by atoms with E-state index in [0.717, 1.165) is 34.4 Å². The van der Waals surface area contributed by atoms with Crippen molar-refractivity contribution < 1.29 is 9.53 Å². The van der Waals surface area contributed by atoms with Crippen molar-refractivity contribution in [3.8, 4) is 16.9 Å². The molecule has 0 radical (unpaired) electrons. The van der Waals surface area contributed by atoms with Crippen molar-refractivity contribution >= 4 is 11.6 Å². The molecular weight excluding hydrogens is 334 g/mol. The lowest BCUT2D eigenvalue weighted by Crippen LogP contribution is -2.30. The molecule has 0 heterocycles. The molecule has 0 saturated heterocycles. The zero-order valence-electron chi connectivity index (χ0n) is 16.0. The van der Waals surface area contributed by atoms with E-state index in [9.17, 15) is 4.79 Å². The van der Waals surface area contributed by atoms with E-state index in [2.05, 4.69) is 24.4 Å². The van der Waals surface area contributed by atoms with Gasteiger partial charge in [-0.2, -0.15) is 0 Å². The summed E-state index contributed by atoms with van der Waals surface area (Å²) in [6, 6.07) is 24.0. The van der Waals surface area contributed by atoms with Gasteiger partial charge in [0, 0.05) is 5.69 Å². The van der Waals surface area contributed by atoms with Gasteiger partial charge in [0.2, 0.25) is 0 Å². The number of para-hydroxylation sites is 1. The molecule has 0 aliphatic rings. The number of hydrogen-bond acceptors (Lipinski definition) is 2. The average molecular weight is 359 g/mol. The second-order valence-corrected chi connectivity index (χ2v) is 6.60. The van der Waals surface area contributed by atoms with Gasteiger partial charge in [-0.15, -0.1) is 0 Å². The van der Waals surface area contributed by atoms with Crippen molar-refractivity contribution in [2.45, 2.75) is 33.3 Å². The first kappa shape index (κ1) is 18.7. The summed E-state index contributed by atoms with van der Waals surface area (Å²) in [4.78, 5) is 12.6. The van der Waals surface area contributed by atoms with E-state index in [0.29, 0.717) is 5.75 Å². The molecule has 1 N–H and O–H groups in total. The Morgan fingerprint density at radius 1 is 0.926 bits per heavy atom. The maximum absolute atomic E-state index is 12.6. The van der Waals surface area contributed by atoms with Crippen LogP contribution in [0.1, 0.15) is 25.0 Å².